The molecule has 26 heavy (non-hydrogen) atoms. The number of anilines is 1. The van der Waals surface area contributed by atoms with Gasteiger partial charge in [0.1, 0.15) is 0 Å². The van der Waals surface area contributed by atoms with Gasteiger partial charge in [-0.15, -0.1) is 0 Å². The van der Waals surface area contributed by atoms with Crippen molar-refractivity contribution in [1.29, 1.82) is 0 Å². The Bertz CT molecular complexity index is 648. The predicted octanol–water partition coefficient (Wildman–Crippen LogP) is 4.52. The van der Waals surface area contributed by atoms with Crippen LogP contribution in [-0.4, -0.2) is 23.5 Å². The number of carbonyl (C=O) groups excluding carboxylic acids is 2. The summed E-state index contributed by atoms with van der Waals surface area (Å²) in [6.45, 7) is 5.59. The van der Waals surface area contributed by atoms with Crippen LogP contribution in [0.25, 0.3) is 0 Å². The molecule has 0 aromatic heterocycles. The van der Waals surface area contributed by atoms with Crippen LogP contribution in [0.4, 0.5) is 18.9 Å². The predicted molar refractivity (Wildman–Crippen MR) is 93.8 cm³/mol. The van der Waals surface area contributed by atoms with Crippen molar-refractivity contribution < 1.29 is 22.8 Å². The lowest BCUT2D eigenvalue weighted by atomic mass is 9.78. The van der Waals surface area contributed by atoms with Gasteiger partial charge in [0.15, 0.2) is 0 Å². The Balaban J connectivity index is 2.04. The molecule has 1 aliphatic carbocycles. The molecule has 0 heterocycles. The molecule has 1 aromatic carbocycles. The first-order valence-corrected chi connectivity index (χ1v) is 8.77. The van der Waals surface area contributed by atoms with Gasteiger partial charge >= 0.3 is 6.18 Å². The van der Waals surface area contributed by atoms with Gasteiger partial charge in [-0.3, -0.25) is 9.59 Å². The first kappa shape index (κ1) is 20.3. The zero-order valence-electron chi connectivity index (χ0n) is 15.2. The fourth-order valence-corrected chi connectivity index (χ4v) is 3.19. The molecule has 0 bridgehead atoms. The van der Waals surface area contributed by atoms with E-state index in [9.17, 15) is 22.8 Å². The van der Waals surface area contributed by atoms with E-state index in [0.29, 0.717) is 24.1 Å². The Hall–Kier alpha value is -2.05. The third-order valence-corrected chi connectivity index (χ3v) is 4.43. The fourth-order valence-electron chi connectivity index (χ4n) is 3.19. The van der Waals surface area contributed by atoms with Crippen molar-refractivity contribution in [1.82, 2.24) is 5.32 Å². The highest BCUT2D eigenvalue weighted by atomic mass is 19.4. The van der Waals surface area contributed by atoms with E-state index in [0.717, 1.165) is 0 Å². The van der Waals surface area contributed by atoms with E-state index in [1.165, 1.54) is 12.1 Å². The first-order valence-electron chi connectivity index (χ1n) is 8.77. The quantitative estimate of drug-likeness (QED) is 0.822. The van der Waals surface area contributed by atoms with Crippen LogP contribution < -0.4 is 10.6 Å². The van der Waals surface area contributed by atoms with Crippen LogP contribution in [0.1, 0.15) is 56.8 Å². The average Bonchev–Trinajstić information content (AvgIpc) is 2.53. The molecular formula is C19H25F3N2O2. The smallest absolute Gasteiger partial charge is 0.347 e. The van der Waals surface area contributed by atoms with E-state index < -0.39 is 23.9 Å². The topological polar surface area (TPSA) is 58.2 Å². The Kier molecular flexibility index (Phi) is 5.98. The van der Waals surface area contributed by atoms with E-state index >= 15 is 0 Å². The minimum absolute atomic E-state index is 0.00645. The summed E-state index contributed by atoms with van der Waals surface area (Å²) in [4.78, 5) is 24.4. The van der Waals surface area contributed by atoms with Crippen LogP contribution in [0.3, 0.4) is 0 Å². The van der Waals surface area contributed by atoms with Crippen molar-refractivity contribution in [3.05, 3.63) is 29.8 Å². The van der Waals surface area contributed by atoms with Crippen LogP contribution in [0.15, 0.2) is 24.3 Å². The summed E-state index contributed by atoms with van der Waals surface area (Å²) in [7, 11) is 0. The highest BCUT2D eigenvalue weighted by Crippen LogP contribution is 2.41. The van der Waals surface area contributed by atoms with E-state index in [1.807, 2.05) is 20.8 Å². The van der Waals surface area contributed by atoms with Gasteiger partial charge in [-0.25, -0.2) is 0 Å². The number of nitrogens with one attached hydrogen (secondary N) is 2. The summed E-state index contributed by atoms with van der Waals surface area (Å²) in [6, 6.07) is 6.14. The molecule has 0 saturated heterocycles. The van der Waals surface area contributed by atoms with Crippen molar-refractivity contribution in [2.24, 2.45) is 11.8 Å². The molecule has 0 radical (unpaired) electrons. The molecule has 1 aliphatic rings. The van der Waals surface area contributed by atoms with Crippen LogP contribution in [-0.2, 0) is 4.79 Å². The number of alkyl halides is 3. The van der Waals surface area contributed by atoms with Crippen molar-refractivity contribution in [2.75, 3.05) is 5.32 Å². The van der Waals surface area contributed by atoms with E-state index in [2.05, 4.69) is 10.6 Å². The van der Waals surface area contributed by atoms with Crippen LogP contribution in [0.5, 0.6) is 0 Å². The lowest BCUT2D eigenvalue weighted by molar-refractivity contribution is -0.197. The summed E-state index contributed by atoms with van der Waals surface area (Å²) >= 11 is 0. The number of hydrogen-bond donors (Lipinski definition) is 2. The molecule has 1 fully saturated rings. The second kappa shape index (κ2) is 7.68. The van der Waals surface area contributed by atoms with E-state index in [4.69, 9.17) is 0 Å². The van der Waals surface area contributed by atoms with Crippen molar-refractivity contribution in [3.63, 3.8) is 0 Å². The maximum atomic E-state index is 13.1. The molecule has 2 unspecified atom stereocenters. The average molecular weight is 370 g/mol. The number of amides is 2. The third-order valence-electron chi connectivity index (χ3n) is 4.43. The zero-order valence-corrected chi connectivity index (χ0v) is 15.2. The minimum atomic E-state index is -4.36. The van der Waals surface area contributed by atoms with Crippen molar-refractivity contribution >= 4 is 17.5 Å². The van der Waals surface area contributed by atoms with Crippen molar-refractivity contribution in [2.45, 2.75) is 58.2 Å². The fraction of sp³-hybridized carbons (Fsp3) is 0.579. The van der Waals surface area contributed by atoms with Gasteiger partial charge in [0.25, 0.3) is 5.91 Å². The van der Waals surface area contributed by atoms with Gasteiger partial charge in [-0.1, -0.05) is 12.8 Å². The molecule has 144 valence electrons. The summed E-state index contributed by atoms with van der Waals surface area (Å²) in [5, 5.41) is 5.38. The lowest BCUT2D eigenvalue weighted by Gasteiger charge is -2.32. The maximum Gasteiger partial charge on any atom is 0.392 e. The Morgan fingerprint density at radius 1 is 1.00 bits per heavy atom. The summed E-state index contributed by atoms with van der Waals surface area (Å²) in [5.41, 5.74) is 0.426. The van der Waals surface area contributed by atoms with Crippen LogP contribution >= 0.6 is 0 Å². The monoisotopic (exact) mass is 370 g/mol. The van der Waals surface area contributed by atoms with Crippen molar-refractivity contribution in [3.8, 4) is 0 Å². The maximum absolute atomic E-state index is 13.1. The third kappa shape index (κ3) is 5.47. The van der Waals surface area contributed by atoms with Gasteiger partial charge in [-0.2, -0.15) is 13.2 Å². The van der Waals surface area contributed by atoms with Gasteiger partial charge < -0.3 is 10.6 Å². The molecule has 0 aliphatic heterocycles. The van der Waals surface area contributed by atoms with Gasteiger partial charge in [0, 0.05) is 22.7 Å². The first-order chi connectivity index (χ1) is 12.0. The Morgan fingerprint density at radius 3 is 2.12 bits per heavy atom. The van der Waals surface area contributed by atoms with E-state index in [-0.39, 0.29) is 24.3 Å². The SMILES string of the molecule is CC(C)(C)NC(=O)c1ccc(NC(=O)C2CCCCC2C(F)(F)F)cc1. The zero-order chi connectivity index (χ0) is 19.5. The molecule has 2 atom stereocenters. The summed E-state index contributed by atoms with van der Waals surface area (Å²) < 4.78 is 39.4. The highest BCUT2D eigenvalue weighted by molar-refractivity contribution is 5.96. The second-order valence-electron chi connectivity index (χ2n) is 7.81. The molecule has 0 spiro atoms. The molecular weight excluding hydrogens is 345 g/mol. The molecule has 7 heteroatoms. The molecule has 2 N–H and O–H groups in total. The van der Waals surface area contributed by atoms with Gasteiger partial charge in [0.2, 0.25) is 5.91 Å². The van der Waals surface area contributed by atoms with Gasteiger partial charge in [-0.05, 0) is 57.9 Å². The molecule has 1 aromatic rings. The molecule has 4 nitrogen and oxygen atoms in total. The summed E-state index contributed by atoms with van der Waals surface area (Å²) in [5.74, 6) is -3.51. The Morgan fingerprint density at radius 2 is 1.58 bits per heavy atom. The minimum Gasteiger partial charge on any atom is -0.347 e. The van der Waals surface area contributed by atoms with Gasteiger partial charge in [0.05, 0.1) is 5.92 Å². The second-order valence-corrected chi connectivity index (χ2v) is 7.81. The number of carbonyl (C=O) groups is 2. The summed E-state index contributed by atoms with van der Waals surface area (Å²) in [6.07, 6.45) is -3.02. The highest BCUT2D eigenvalue weighted by Gasteiger charge is 2.48. The number of hydrogen-bond acceptors (Lipinski definition) is 2. The lowest BCUT2D eigenvalue weighted by Crippen LogP contribution is -2.40. The van der Waals surface area contributed by atoms with Crippen LogP contribution in [0, 0.1) is 11.8 Å². The normalized spacial score (nSPS) is 21.2. The largest absolute Gasteiger partial charge is 0.392 e. The number of benzene rings is 1. The molecule has 2 amide bonds. The van der Waals surface area contributed by atoms with E-state index in [1.54, 1.807) is 12.1 Å². The Labute approximate surface area is 151 Å². The molecule has 2 rings (SSSR count). The molecule has 1 saturated carbocycles. The number of rotatable bonds is 3. The number of halogens is 3. The van der Waals surface area contributed by atoms with Crippen LogP contribution in [0.2, 0.25) is 0 Å². The standard InChI is InChI=1S/C19H25F3N2O2/c1-18(2,3)24-16(25)12-8-10-13(11-9-12)23-17(26)14-6-4-5-7-15(14)19(20,21)22/h8-11,14-15H,4-7H2,1-3H3,(H,23,26)(H,24,25).